The van der Waals surface area contributed by atoms with Crippen LogP contribution < -0.4 is 5.73 Å². The number of halogens is 1. The zero-order chi connectivity index (χ0) is 12.9. The van der Waals surface area contributed by atoms with E-state index in [1.165, 1.54) is 12.3 Å². The first-order chi connectivity index (χ1) is 8.58. The van der Waals surface area contributed by atoms with E-state index in [1.807, 2.05) is 26.2 Å². The van der Waals surface area contributed by atoms with Crippen molar-refractivity contribution in [3.63, 3.8) is 0 Å². The van der Waals surface area contributed by atoms with Crippen molar-refractivity contribution in [1.29, 1.82) is 0 Å². The molecule has 0 saturated carbocycles. The van der Waals surface area contributed by atoms with Crippen molar-refractivity contribution in [2.24, 2.45) is 7.05 Å². The molecule has 18 heavy (non-hydrogen) atoms. The van der Waals surface area contributed by atoms with Gasteiger partial charge in [0, 0.05) is 18.6 Å². The molecule has 0 radical (unpaired) electrons. The fraction of sp³-hybridized carbons (Fsp3) is 0.154. The minimum absolute atomic E-state index is 0.197. The number of aromatic nitrogens is 2. The molecule has 0 fully saturated rings. The van der Waals surface area contributed by atoms with Crippen LogP contribution in [0.2, 0.25) is 0 Å². The molecule has 2 N–H and O–H groups in total. The molecule has 92 valence electrons. The van der Waals surface area contributed by atoms with E-state index in [0.717, 1.165) is 10.9 Å². The molecule has 0 aliphatic heterocycles. The van der Waals surface area contributed by atoms with E-state index < -0.39 is 0 Å². The Balaban J connectivity index is 2.34. The SMILES string of the molecule is Cc1cn(C)c2c(F)cc(-c3cnoc3N)cc12. The summed E-state index contributed by atoms with van der Waals surface area (Å²) in [6.07, 6.45) is 3.39. The molecule has 2 heterocycles. The normalized spacial score (nSPS) is 11.3. The Morgan fingerprint density at radius 3 is 2.83 bits per heavy atom. The number of benzene rings is 1. The summed E-state index contributed by atoms with van der Waals surface area (Å²) in [7, 11) is 1.83. The fourth-order valence-electron chi connectivity index (χ4n) is 2.30. The second-order valence-corrected chi connectivity index (χ2v) is 4.38. The van der Waals surface area contributed by atoms with Crippen molar-refractivity contribution in [2.45, 2.75) is 6.92 Å². The summed E-state index contributed by atoms with van der Waals surface area (Å²) in [6.45, 7) is 1.95. The van der Waals surface area contributed by atoms with E-state index in [2.05, 4.69) is 5.16 Å². The van der Waals surface area contributed by atoms with Gasteiger partial charge in [0.25, 0.3) is 0 Å². The van der Waals surface area contributed by atoms with Crippen molar-refractivity contribution in [1.82, 2.24) is 9.72 Å². The molecule has 2 aromatic heterocycles. The maximum absolute atomic E-state index is 14.1. The highest BCUT2D eigenvalue weighted by Gasteiger charge is 2.14. The molecule has 3 rings (SSSR count). The first-order valence-corrected chi connectivity index (χ1v) is 5.53. The highest BCUT2D eigenvalue weighted by molar-refractivity contribution is 5.90. The Morgan fingerprint density at radius 1 is 1.39 bits per heavy atom. The number of hydrogen-bond acceptors (Lipinski definition) is 3. The molecular formula is C13H12FN3O. The molecule has 0 bridgehead atoms. The molecule has 0 amide bonds. The van der Waals surface area contributed by atoms with Crippen LogP contribution in [0.25, 0.3) is 22.0 Å². The van der Waals surface area contributed by atoms with Gasteiger partial charge in [-0.05, 0) is 30.2 Å². The van der Waals surface area contributed by atoms with Crippen LogP contribution in [0.3, 0.4) is 0 Å². The lowest BCUT2D eigenvalue weighted by Crippen LogP contribution is -1.90. The van der Waals surface area contributed by atoms with Gasteiger partial charge in [-0.3, -0.25) is 0 Å². The first-order valence-electron chi connectivity index (χ1n) is 5.53. The van der Waals surface area contributed by atoms with Crippen molar-refractivity contribution < 1.29 is 8.91 Å². The van der Waals surface area contributed by atoms with Gasteiger partial charge in [-0.1, -0.05) is 5.16 Å². The van der Waals surface area contributed by atoms with Crippen molar-refractivity contribution >= 4 is 16.8 Å². The largest absolute Gasteiger partial charge is 0.367 e. The van der Waals surface area contributed by atoms with E-state index in [9.17, 15) is 4.39 Å². The maximum Gasteiger partial charge on any atom is 0.229 e. The standard InChI is InChI=1S/C13H12FN3O/c1-7-6-17(2)12-9(7)3-8(4-11(12)14)10-5-16-18-13(10)15/h3-6H,15H2,1-2H3. The van der Waals surface area contributed by atoms with Gasteiger partial charge in [0.1, 0.15) is 5.82 Å². The lowest BCUT2D eigenvalue weighted by molar-refractivity contribution is 0.436. The Labute approximate surface area is 103 Å². The van der Waals surface area contributed by atoms with Gasteiger partial charge in [0.2, 0.25) is 5.88 Å². The maximum atomic E-state index is 14.1. The van der Waals surface area contributed by atoms with Crippen LogP contribution in [0.15, 0.2) is 29.0 Å². The van der Waals surface area contributed by atoms with Gasteiger partial charge in [0.05, 0.1) is 17.3 Å². The van der Waals surface area contributed by atoms with Crippen molar-refractivity contribution in [3.05, 3.63) is 35.9 Å². The zero-order valence-electron chi connectivity index (χ0n) is 10.1. The summed E-state index contributed by atoms with van der Waals surface area (Å²) in [5.74, 6) is -0.0824. The van der Waals surface area contributed by atoms with Crippen LogP contribution in [-0.4, -0.2) is 9.72 Å². The minimum Gasteiger partial charge on any atom is -0.367 e. The van der Waals surface area contributed by atoms with E-state index in [1.54, 1.807) is 4.57 Å². The number of nitrogens with two attached hydrogens (primary N) is 1. The fourth-order valence-corrected chi connectivity index (χ4v) is 2.30. The lowest BCUT2D eigenvalue weighted by Gasteiger charge is -2.03. The molecule has 4 nitrogen and oxygen atoms in total. The molecule has 0 aliphatic rings. The first kappa shape index (κ1) is 10.8. The predicted octanol–water partition coefficient (Wildman–Crippen LogP) is 2.86. The van der Waals surface area contributed by atoms with Crippen LogP contribution in [0.4, 0.5) is 10.3 Å². The summed E-state index contributed by atoms with van der Waals surface area (Å²) >= 11 is 0. The Kier molecular flexibility index (Phi) is 2.16. The van der Waals surface area contributed by atoms with Crippen LogP contribution in [0.1, 0.15) is 5.56 Å². The second-order valence-electron chi connectivity index (χ2n) is 4.38. The molecule has 0 atom stereocenters. The summed E-state index contributed by atoms with van der Waals surface area (Å²) in [5, 5.41) is 4.48. The summed E-state index contributed by atoms with van der Waals surface area (Å²) < 4.78 is 20.7. The number of anilines is 1. The quantitative estimate of drug-likeness (QED) is 0.717. The molecular weight excluding hydrogens is 233 g/mol. The molecule has 1 aromatic carbocycles. The number of aryl methyl sites for hydroxylation is 2. The third kappa shape index (κ3) is 1.40. The number of rotatable bonds is 1. The lowest BCUT2D eigenvalue weighted by atomic mass is 10.0. The summed E-state index contributed by atoms with van der Waals surface area (Å²) in [4.78, 5) is 0. The van der Waals surface area contributed by atoms with E-state index in [0.29, 0.717) is 16.6 Å². The second kappa shape index (κ2) is 3.60. The van der Waals surface area contributed by atoms with Gasteiger partial charge >= 0.3 is 0 Å². The average Bonchev–Trinajstić information content (AvgIpc) is 2.84. The minimum atomic E-state index is -0.279. The van der Waals surface area contributed by atoms with E-state index >= 15 is 0 Å². The Bertz CT molecular complexity index is 742. The van der Waals surface area contributed by atoms with Crippen LogP contribution in [0, 0.1) is 12.7 Å². The van der Waals surface area contributed by atoms with Crippen molar-refractivity contribution in [2.75, 3.05) is 5.73 Å². The zero-order valence-corrected chi connectivity index (χ0v) is 10.1. The van der Waals surface area contributed by atoms with E-state index in [-0.39, 0.29) is 11.7 Å². The molecule has 0 aliphatic carbocycles. The third-order valence-electron chi connectivity index (χ3n) is 3.14. The van der Waals surface area contributed by atoms with Crippen LogP contribution in [-0.2, 0) is 7.05 Å². The van der Waals surface area contributed by atoms with Crippen LogP contribution >= 0.6 is 0 Å². The smallest absolute Gasteiger partial charge is 0.229 e. The van der Waals surface area contributed by atoms with Gasteiger partial charge < -0.3 is 14.8 Å². The van der Waals surface area contributed by atoms with Gasteiger partial charge in [-0.25, -0.2) is 4.39 Å². The number of nitrogens with zero attached hydrogens (tertiary/aromatic N) is 2. The van der Waals surface area contributed by atoms with Gasteiger partial charge in [-0.15, -0.1) is 0 Å². The van der Waals surface area contributed by atoms with Gasteiger partial charge in [-0.2, -0.15) is 0 Å². The summed E-state index contributed by atoms with van der Waals surface area (Å²) in [5.41, 5.74) is 8.54. The number of hydrogen-bond donors (Lipinski definition) is 1. The average molecular weight is 245 g/mol. The van der Waals surface area contributed by atoms with Crippen LogP contribution in [0.5, 0.6) is 0 Å². The Hall–Kier alpha value is -2.30. The molecule has 0 spiro atoms. The summed E-state index contributed by atoms with van der Waals surface area (Å²) in [6, 6.07) is 3.35. The Morgan fingerprint density at radius 2 is 2.17 bits per heavy atom. The highest BCUT2D eigenvalue weighted by Crippen LogP contribution is 2.32. The number of fused-ring (bicyclic) bond motifs is 1. The topological polar surface area (TPSA) is 57.0 Å². The molecule has 0 saturated heterocycles. The third-order valence-corrected chi connectivity index (χ3v) is 3.14. The van der Waals surface area contributed by atoms with Gasteiger partial charge in [0.15, 0.2) is 0 Å². The van der Waals surface area contributed by atoms with Crippen molar-refractivity contribution in [3.8, 4) is 11.1 Å². The van der Waals surface area contributed by atoms with E-state index in [4.69, 9.17) is 10.3 Å². The number of nitrogen functional groups attached to an aromatic ring is 1. The highest BCUT2D eigenvalue weighted by atomic mass is 19.1. The molecule has 3 aromatic rings. The molecule has 0 unspecified atom stereocenters. The predicted molar refractivity (Wildman–Crippen MR) is 67.5 cm³/mol. The molecule has 5 heteroatoms. The monoisotopic (exact) mass is 245 g/mol.